The first kappa shape index (κ1) is 19.8. The van der Waals surface area contributed by atoms with E-state index in [0.717, 1.165) is 4.90 Å². The van der Waals surface area contributed by atoms with Gasteiger partial charge in [-0.05, 0) is 18.2 Å². The zero-order chi connectivity index (χ0) is 21.7. The number of benzene rings is 1. The van der Waals surface area contributed by atoms with E-state index in [4.69, 9.17) is 16.3 Å². The standard InChI is InChI=1S/C21H14ClFN4O3S/c1-30-11-5-12(19(22)25-8-11)16-6-14-18(31-16)20(28)27(21(29)26-14)15-9-24-7-10-3-2-4-13(23)17(10)15/h2-9,14,18H,1H3,(H,26,29). The Morgan fingerprint density at radius 2 is 2.10 bits per heavy atom. The highest BCUT2D eigenvalue weighted by molar-refractivity contribution is 8.09. The molecule has 156 valence electrons. The molecule has 3 amide bonds. The zero-order valence-electron chi connectivity index (χ0n) is 16.0. The third kappa shape index (κ3) is 3.21. The molecule has 2 aliphatic heterocycles. The largest absolute Gasteiger partial charge is 0.495 e. The molecule has 31 heavy (non-hydrogen) atoms. The summed E-state index contributed by atoms with van der Waals surface area (Å²) in [5.74, 6) is -0.482. The predicted octanol–water partition coefficient (Wildman–Crippen LogP) is 4.01. The quantitative estimate of drug-likeness (QED) is 0.599. The molecule has 4 heterocycles. The van der Waals surface area contributed by atoms with Crippen LogP contribution in [0.3, 0.4) is 0 Å². The van der Waals surface area contributed by atoms with Gasteiger partial charge in [-0.15, -0.1) is 11.8 Å². The zero-order valence-corrected chi connectivity index (χ0v) is 17.6. The summed E-state index contributed by atoms with van der Waals surface area (Å²) < 4.78 is 19.8. The van der Waals surface area contributed by atoms with Gasteiger partial charge in [-0.2, -0.15) is 0 Å². The molecular weight excluding hydrogens is 443 g/mol. The number of pyridine rings is 2. The number of halogens is 2. The van der Waals surface area contributed by atoms with E-state index in [9.17, 15) is 14.0 Å². The normalized spacial score (nSPS) is 20.5. The number of ether oxygens (including phenoxy) is 1. The number of rotatable bonds is 3. The lowest BCUT2D eigenvalue weighted by Crippen LogP contribution is -2.60. The molecule has 3 aromatic rings. The molecule has 1 fully saturated rings. The third-order valence-corrected chi connectivity index (χ3v) is 6.80. The van der Waals surface area contributed by atoms with Crippen molar-refractivity contribution in [2.45, 2.75) is 11.3 Å². The highest BCUT2D eigenvalue weighted by Crippen LogP contribution is 2.45. The number of amides is 3. The highest BCUT2D eigenvalue weighted by Gasteiger charge is 2.46. The molecule has 5 rings (SSSR count). The van der Waals surface area contributed by atoms with Crippen LogP contribution in [0.1, 0.15) is 5.56 Å². The van der Waals surface area contributed by atoms with Crippen LogP contribution in [-0.4, -0.2) is 40.3 Å². The Morgan fingerprint density at radius 1 is 1.26 bits per heavy atom. The van der Waals surface area contributed by atoms with Crippen LogP contribution in [0.15, 0.2) is 48.9 Å². The smallest absolute Gasteiger partial charge is 0.329 e. The van der Waals surface area contributed by atoms with E-state index in [1.165, 1.54) is 43.5 Å². The first-order valence-electron chi connectivity index (χ1n) is 9.23. The lowest BCUT2D eigenvalue weighted by molar-refractivity contribution is -0.118. The summed E-state index contributed by atoms with van der Waals surface area (Å²) in [6, 6.07) is 5.04. The Labute approximate surface area is 185 Å². The Balaban J connectivity index is 1.52. The van der Waals surface area contributed by atoms with E-state index >= 15 is 0 Å². The van der Waals surface area contributed by atoms with Crippen LogP contribution in [0.25, 0.3) is 15.7 Å². The number of methoxy groups -OCH3 is 1. The topological polar surface area (TPSA) is 84.4 Å². The number of thioether (sulfide) groups is 1. The van der Waals surface area contributed by atoms with Crippen molar-refractivity contribution < 1.29 is 18.7 Å². The number of urea groups is 1. The first-order valence-corrected chi connectivity index (χ1v) is 10.5. The van der Waals surface area contributed by atoms with Gasteiger partial charge in [0, 0.05) is 27.4 Å². The maximum absolute atomic E-state index is 14.6. The number of carbonyl (C=O) groups is 2. The minimum absolute atomic E-state index is 0.103. The Hall–Kier alpha value is -3.17. The number of nitrogens with one attached hydrogen (secondary N) is 1. The average molecular weight is 457 g/mol. The lowest BCUT2D eigenvalue weighted by Gasteiger charge is -2.33. The third-order valence-electron chi connectivity index (χ3n) is 5.14. The summed E-state index contributed by atoms with van der Waals surface area (Å²) in [5.41, 5.74) is 0.707. The second kappa shape index (κ2) is 7.51. The van der Waals surface area contributed by atoms with Crippen molar-refractivity contribution in [2.75, 3.05) is 12.0 Å². The van der Waals surface area contributed by atoms with Gasteiger partial charge in [0.15, 0.2) is 0 Å². The number of carbonyl (C=O) groups excluding carboxylic acids is 2. The van der Waals surface area contributed by atoms with E-state index in [-0.39, 0.29) is 16.2 Å². The van der Waals surface area contributed by atoms with Gasteiger partial charge in [0.05, 0.1) is 31.2 Å². The molecule has 0 radical (unpaired) electrons. The van der Waals surface area contributed by atoms with Crippen LogP contribution in [0.4, 0.5) is 14.9 Å². The van der Waals surface area contributed by atoms with Crippen molar-refractivity contribution in [3.05, 3.63) is 65.5 Å². The number of hydrogen-bond acceptors (Lipinski definition) is 6. The lowest BCUT2D eigenvalue weighted by atomic mass is 10.1. The van der Waals surface area contributed by atoms with E-state index in [1.54, 1.807) is 24.3 Å². The summed E-state index contributed by atoms with van der Waals surface area (Å²) in [4.78, 5) is 36.0. The summed E-state index contributed by atoms with van der Waals surface area (Å²) >= 11 is 7.51. The van der Waals surface area contributed by atoms with Crippen LogP contribution in [0.2, 0.25) is 5.15 Å². The minimum atomic E-state index is -0.642. The monoisotopic (exact) mass is 456 g/mol. The molecule has 0 spiro atoms. The molecule has 10 heteroatoms. The summed E-state index contributed by atoms with van der Waals surface area (Å²) in [6.45, 7) is 0. The second-order valence-electron chi connectivity index (χ2n) is 6.93. The van der Waals surface area contributed by atoms with Crippen molar-refractivity contribution >= 4 is 56.7 Å². The molecule has 7 nitrogen and oxygen atoms in total. The van der Waals surface area contributed by atoms with Gasteiger partial charge in [0.2, 0.25) is 0 Å². The average Bonchev–Trinajstić information content (AvgIpc) is 3.18. The second-order valence-corrected chi connectivity index (χ2v) is 8.47. The molecule has 1 N–H and O–H groups in total. The van der Waals surface area contributed by atoms with Crippen molar-refractivity contribution in [3.63, 3.8) is 0 Å². The molecule has 2 unspecified atom stereocenters. The number of fused-ring (bicyclic) bond motifs is 2. The Morgan fingerprint density at radius 3 is 2.90 bits per heavy atom. The van der Waals surface area contributed by atoms with Gasteiger partial charge >= 0.3 is 6.03 Å². The van der Waals surface area contributed by atoms with E-state index in [2.05, 4.69) is 15.3 Å². The van der Waals surface area contributed by atoms with Crippen molar-refractivity contribution in [2.24, 2.45) is 0 Å². The maximum atomic E-state index is 14.6. The summed E-state index contributed by atoms with van der Waals surface area (Å²) in [5, 5.41) is 3.09. The SMILES string of the molecule is COc1cnc(Cl)c(C2=CC3NC(=O)N(c4cncc5cccc(F)c45)C(=O)C3S2)c1. The van der Waals surface area contributed by atoms with Crippen molar-refractivity contribution in [1.82, 2.24) is 15.3 Å². The van der Waals surface area contributed by atoms with E-state index in [1.807, 2.05) is 0 Å². The molecule has 2 atom stereocenters. The molecule has 0 aliphatic carbocycles. The fraction of sp³-hybridized carbons (Fsp3) is 0.143. The molecule has 2 aliphatic rings. The van der Waals surface area contributed by atoms with Gasteiger partial charge in [-0.25, -0.2) is 19.1 Å². The molecule has 0 bridgehead atoms. The minimum Gasteiger partial charge on any atom is -0.495 e. The summed E-state index contributed by atoms with van der Waals surface area (Å²) in [6.07, 6.45) is 6.07. The highest BCUT2D eigenvalue weighted by atomic mass is 35.5. The first-order chi connectivity index (χ1) is 15.0. The van der Waals surface area contributed by atoms with Gasteiger partial charge in [-0.3, -0.25) is 9.78 Å². The fourth-order valence-corrected chi connectivity index (χ4v) is 5.23. The molecule has 1 aromatic carbocycles. The number of aromatic nitrogens is 2. The predicted molar refractivity (Wildman–Crippen MR) is 117 cm³/mol. The van der Waals surface area contributed by atoms with Gasteiger partial charge < -0.3 is 10.1 Å². The van der Waals surface area contributed by atoms with Crippen LogP contribution >= 0.6 is 23.4 Å². The number of hydrogen-bond donors (Lipinski definition) is 1. The number of anilines is 1. The summed E-state index contributed by atoms with van der Waals surface area (Å²) in [7, 11) is 1.52. The van der Waals surface area contributed by atoms with Crippen LogP contribution in [-0.2, 0) is 4.79 Å². The molecular formula is C21H14ClFN4O3S. The van der Waals surface area contributed by atoms with Crippen LogP contribution < -0.4 is 15.0 Å². The van der Waals surface area contributed by atoms with Crippen LogP contribution in [0.5, 0.6) is 5.75 Å². The van der Waals surface area contributed by atoms with Crippen molar-refractivity contribution in [1.29, 1.82) is 0 Å². The maximum Gasteiger partial charge on any atom is 0.329 e. The molecule has 1 saturated heterocycles. The van der Waals surface area contributed by atoms with Gasteiger partial charge in [-0.1, -0.05) is 23.7 Å². The Bertz CT molecular complexity index is 1280. The molecule has 2 aromatic heterocycles. The van der Waals surface area contributed by atoms with Gasteiger partial charge in [0.1, 0.15) is 22.0 Å². The van der Waals surface area contributed by atoms with E-state index in [0.29, 0.717) is 21.6 Å². The Kier molecular flexibility index (Phi) is 4.79. The van der Waals surface area contributed by atoms with Gasteiger partial charge in [0.25, 0.3) is 5.91 Å². The molecule has 0 saturated carbocycles. The fourth-order valence-electron chi connectivity index (χ4n) is 3.69. The van der Waals surface area contributed by atoms with E-state index < -0.39 is 29.0 Å². The number of nitrogens with zero attached hydrogens (tertiary/aromatic N) is 3. The van der Waals surface area contributed by atoms with Crippen molar-refractivity contribution in [3.8, 4) is 5.75 Å². The number of imide groups is 1. The van der Waals surface area contributed by atoms with Crippen LogP contribution in [0, 0.1) is 5.82 Å².